The molecule has 1 aromatic heterocycles. The van der Waals surface area contributed by atoms with Gasteiger partial charge in [-0.15, -0.1) is 0 Å². The second-order valence-corrected chi connectivity index (χ2v) is 4.09. The Hall–Kier alpha value is -1.67. The van der Waals surface area contributed by atoms with E-state index in [1.807, 2.05) is 0 Å². The van der Waals surface area contributed by atoms with Crippen LogP contribution in [0.1, 0.15) is 16.9 Å². The van der Waals surface area contributed by atoms with Crippen molar-refractivity contribution in [3.63, 3.8) is 0 Å². The Balaban J connectivity index is 2.98. The molecule has 7 nitrogen and oxygen atoms in total. The largest absolute Gasteiger partial charge is 0.477 e. The van der Waals surface area contributed by atoms with Gasteiger partial charge in [0.25, 0.3) is 0 Å². The van der Waals surface area contributed by atoms with Crippen LogP contribution in [0.25, 0.3) is 0 Å². The average molecular weight is 258 g/mol. The number of aliphatic hydroxyl groups excluding tert-OH is 1. The maximum Gasteiger partial charge on any atom is 0.354 e. The van der Waals surface area contributed by atoms with Crippen molar-refractivity contribution in [2.24, 2.45) is 0 Å². The lowest BCUT2D eigenvalue weighted by molar-refractivity contribution is -0.388. The third-order valence-electron chi connectivity index (χ3n) is 1.80. The first kappa shape index (κ1) is 13.4. The summed E-state index contributed by atoms with van der Waals surface area (Å²) >= 11 is 1.06. The van der Waals surface area contributed by atoms with E-state index in [1.165, 1.54) is 0 Å². The van der Waals surface area contributed by atoms with E-state index < -0.39 is 10.9 Å². The van der Waals surface area contributed by atoms with Gasteiger partial charge < -0.3 is 10.2 Å². The van der Waals surface area contributed by atoms with Crippen LogP contribution in [0.5, 0.6) is 0 Å². The molecule has 2 N–H and O–H groups in total. The molecule has 0 unspecified atom stereocenters. The van der Waals surface area contributed by atoms with Crippen molar-refractivity contribution in [1.29, 1.82) is 0 Å². The Labute approximate surface area is 101 Å². The van der Waals surface area contributed by atoms with Crippen LogP contribution in [0.15, 0.2) is 17.2 Å². The molecular formula is C9H10N2O5S. The fourth-order valence-corrected chi connectivity index (χ4v) is 1.95. The summed E-state index contributed by atoms with van der Waals surface area (Å²) in [7, 11) is 0. The molecule has 0 aliphatic heterocycles. The Morgan fingerprint density at radius 3 is 2.76 bits per heavy atom. The van der Waals surface area contributed by atoms with Crippen LogP contribution in [0.3, 0.4) is 0 Å². The standard InChI is InChI=1S/C9H10N2O5S/c12-4-1-5-17-8-7(11(15)16)3-2-6(10-8)9(13)14/h2-3,12H,1,4-5H2,(H,13,14). The van der Waals surface area contributed by atoms with Gasteiger partial charge in [0.05, 0.1) is 4.92 Å². The summed E-state index contributed by atoms with van der Waals surface area (Å²) in [4.78, 5) is 24.5. The van der Waals surface area contributed by atoms with Crippen LogP contribution in [-0.2, 0) is 0 Å². The van der Waals surface area contributed by atoms with Crippen LogP contribution < -0.4 is 0 Å². The van der Waals surface area contributed by atoms with Crippen molar-refractivity contribution in [3.8, 4) is 0 Å². The third-order valence-corrected chi connectivity index (χ3v) is 2.86. The highest BCUT2D eigenvalue weighted by molar-refractivity contribution is 7.99. The van der Waals surface area contributed by atoms with Gasteiger partial charge in [-0.05, 0) is 12.5 Å². The second-order valence-electron chi connectivity index (χ2n) is 3.01. The summed E-state index contributed by atoms with van der Waals surface area (Å²) in [6.07, 6.45) is 0.459. The van der Waals surface area contributed by atoms with Gasteiger partial charge in [0.2, 0.25) is 0 Å². The number of aromatic carboxylic acids is 1. The number of pyridine rings is 1. The highest BCUT2D eigenvalue weighted by Crippen LogP contribution is 2.27. The number of carboxylic acids is 1. The lowest BCUT2D eigenvalue weighted by Crippen LogP contribution is -2.03. The third kappa shape index (κ3) is 3.68. The smallest absolute Gasteiger partial charge is 0.354 e. The SMILES string of the molecule is O=C(O)c1ccc([N+](=O)[O-])c(SCCCO)n1. The molecule has 92 valence electrons. The summed E-state index contributed by atoms with van der Waals surface area (Å²) in [6, 6.07) is 2.22. The number of hydrogen-bond donors (Lipinski definition) is 2. The lowest BCUT2D eigenvalue weighted by atomic mass is 10.3. The first-order valence-corrected chi connectivity index (χ1v) is 5.67. The molecule has 0 atom stereocenters. The van der Waals surface area contributed by atoms with E-state index in [1.54, 1.807) is 0 Å². The van der Waals surface area contributed by atoms with Crippen LogP contribution in [0, 0.1) is 10.1 Å². The molecule has 0 radical (unpaired) electrons. The van der Waals surface area contributed by atoms with Crippen molar-refractivity contribution in [2.45, 2.75) is 11.4 Å². The fraction of sp³-hybridized carbons (Fsp3) is 0.333. The molecule has 8 heteroatoms. The van der Waals surface area contributed by atoms with Crippen LogP contribution >= 0.6 is 11.8 Å². The van der Waals surface area contributed by atoms with Crippen molar-refractivity contribution in [1.82, 2.24) is 4.98 Å². The highest BCUT2D eigenvalue weighted by atomic mass is 32.2. The predicted molar refractivity (Wildman–Crippen MR) is 60.3 cm³/mol. The summed E-state index contributed by atoms with van der Waals surface area (Å²) in [5.74, 6) is -0.795. The number of thioether (sulfide) groups is 1. The molecule has 0 aromatic carbocycles. The maximum atomic E-state index is 10.7. The molecule has 0 saturated carbocycles. The summed E-state index contributed by atoms with van der Waals surface area (Å²) in [5, 5.41) is 28.1. The van der Waals surface area contributed by atoms with E-state index in [0.717, 1.165) is 23.9 Å². The minimum absolute atomic E-state index is 0.0284. The Kier molecular flexibility index (Phi) is 4.85. The van der Waals surface area contributed by atoms with Gasteiger partial charge in [-0.1, -0.05) is 11.8 Å². The Bertz CT molecular complexity index is 437. The van der Waals surface area contributed by atoms with Crippen molar-refractivity contribution < 1.29 is 19.9 Å². The van der Waals surface area contributed by atoms with E-state index >= 15 is 0 Å². The maximum absolute atomic E-state index is 10.7. The molecule has 0 fully saturated rings. The monoisotopic (exact) mass is 258 g/mol. The zero-order valence-corrected chi connectivity index (χ0v) is 9.51. The second kappa shape index (κ2) is 6.16. The molecule has 0 spiro atoms. The zero-order chi connectivity index (χ0) is 12.8. The topological polar surface area (TPSA) is 114 Å². The van der Waals surface area contributed by atoms with E-state index in [-0.39, 0.29) is 23.0 Å². The average Bonchev–Trinajstić information content (AvgIpc) is 2.28. The number of nitrogens with zero attached hydrogens (tertiary/aromatic N) is 2. The number of nitro groups is 1. The number of carboxylic acid groups (broad SMARTS) is 1. The minimum atomic E-state index is -1.23. The van der Waals surface area contributed by atoms with Gasteiger partial charge in [-0.3, -0.25) is 10.1 Å². The number of aromatic nitrogens is 1. The van der Waals surface area contributed by atoms with Gasteiger partial charge in [0.15, 0.2) is 5.03 Å². The zero-order valence-electron chi connectivity index (χ0n) is 8.70. The quantitative estimate of drug-likeness (QED) is 0.340. The first-order valence-electron chi connectivity index (χ1n) is 4.68. The minimum Gasteiger partial charge on any atom is -0.477 e. The number of hydrogen-bond acceptors (Lipinski definition) is 6. The Morgan fingerprint density at radius 1 is 1.53 bits per heavy atom. The summed E-state index contributed by atoms with van der Waals surface area (Å²) < 4.78 is 0. The summed E-state index contributed by atoms with van der Waals surface area (Å²) in [5.41, 5.74) is -0.458. The van der Waals surface area contributed by atoms with Gasteiger partial charge in [-0.25, -0.2) is 9.78 Å². The first-order chi connectivity index (χ1) is 8.06. The normalized spacial score (nSPS) is 10.2. The molecular weight excluding hydrogens is 248 g/mol. The van der Waals surface area contributed by atoms with E-state index in [2.05, 4.69) is 4.98 Å². The molecule has 1 rings (SSSR count). The predicted octanol–water partition coefficient (Wildman–Crippen LogP) is 1.16. The molecule has 1 heterocycles. The van der Waals surface area contributed by atoms with E-state index in [9.17, 15) is 14.9 Å². The van der Waals surface area contributed by atoms with Crippen LogP contribution in [0.4, 0.5) is 5.69 Å². The Morgan fingerprint density at radius 2 is 2.24 bits per heavy atom. The molecule has 1 aromatic rings. The molecule has 0 aliphatic carbocycles. The molecule has 0 bridgehead atoms. The van der Waals surface area contributed by atoms with Gasteiger partial charge >= 0.3 is 11.7 Å². The number of carbonyl (C=O) groups is 1. The van der Waals surface area contributed by atoms with Gasteiger partial charge in [-0.2, -0.15) is 0 Å². The fourth-order valence-electron chi connectivity index (χ4n) is 1.03. The van der Waals surface area contributed by atoms with Crippen molar-refractivity contribution >= 4 is 23.4 Å². The summed E-state index contributed by atoms with van der Waals surface area (Å²) in [6.45, 7) is -0.0284. The van der Waals surface area contributed by atoms with E-state index in [4.69, 9.17) is 10.2 Å². The van der Waals surface area contributed by atoms with Crippen molar-refractivity contribution in [3.05, 3.63) is 27.9 Å². The number of aliphatic hydroxyl groups is 1. The molecule has 0 aliphatic rings. The lowest BCUT2D eigenvalue weighted by Gasteiger charge is -2.02. The molecule has 0 amide bonds. The van der Waals surface area contributed by atoms with Crippen LogP contribution in [-0.4, -0.2) is 38.4 Å². The highest BCUT2D eigenvalue weighted by Gasteiger charge is 2.18. The number of rotatable bonds is 6. The van der Waals surface area contributed by atoms with E-state index in [0.29, 0.717) is 12.2 Å². The van der Waals surface area contributed by atoms with Gasteiger partial charge in [0.1, 0.15) is 5.69 Å². The molecule has 17 heavy (non-hydrogen) atoms. The van der Waals surface area contributed by atoms with Crippen molar-refractivity contribution in [2.75, 3.05) is 12.4 Å². The van der Waals surface area contributed by atoms with Gasteiger partial charge in [0, 0.05) is 18.4 Å². The van der Waals surface area contributed by atoms with Crippen LogP contribution in [0.2, 0.25) is 0 Å². The molecule has 0 saturated heterocycles.